The lowest BCUT2D eigenvalue weighted by atomic mass is 10.2. The van der Waals surface area contributed by atoms with Gasteiger partial charge in [-0.15, -0.1) is 0 Å². The molecule has 1 fully saturated rings. The highest BCUT2D eigenvalue weighted by molar-refractivity contribution is 5.89. The van der Waals surface area contributed by atoms with E-state index < -0.39 is 6.04 Å². The van der Waals surface area contributed by atoms with E-state index in [0.29, 0.717) is 6.54 Å². The highest BCUT2D eigenvalue weighted by atomic mass is 16.3. The molecular weight excluding hydrogens is 174 g/mol. The molecule has 2 amide bonds. The molecule has 0 radical (unpaired) electrons. The first kappa shape index (κ1) is 9.94. The number of aliphatic hydroxyl groups is 1. The van der Waals surface area contributed by atoms with Crippen LogP contribution in [0.4, 0.5) is 0 Å². The van der Waals surface area contributed by atoms with Crippen molar-refractivity contribution in [2.75, 3.05) is 26.2 Å². The molecule has 0 aromatic rings. The van der Waals surface area contributed by atoms with Gasteiger partial charge in [0.15, 0.2) is 0 Å². The maximum absolute atomic E-state index is 11.2. The Hall–Kier alpha value is -1.14. The summed E-state index contributed by atoms with van der Waals surface area (Å²) in [6.07, 6.45) is 0. The predicted octanol–water partition coefficient (Wildman–Crippen LogP) is -2.82. The topological polar surface area (TPSA) is 90.5 Å². The second-order valence-electron chi connectivity index (χ2n) is 2.77. The molecule has 0 bridgehead atoms. The van der Waals surface area contributed by atoms with Crippen molar-refractivity contribution in [1.29, 1.82) is 0 Å². The number of nitrogens with one attached hydrogen (secondary N) is 3. The molecule has 4 N–H and O–H groups in total. The minimum atomic E-state index is -0.521. The summed E-state index contributed by atoms with van der Waals surface area (Å²) in [4.78, 5) is 22.1. The summed E-state index contributed by atoms with van der Waals surface area (Å²) in [6.45, 7) is 0.803. The third-order valence-corrected chi connectivity index (χ3v) is 1.70. The van der Waals surface area contributed by atoms with Crippen molar-refractivity contribution in [2.45, 2.75) is 6.04 Å². The summed E-state index contributed by atoms with van der Waals surface area (Å²) < 4.78 is 0. The van der Waals surface area contributed by atoms with E-state index in [2.05, 4.69) is 16.0 Å². The molecule has 1 heterocycles. The van der Waals surface area contributed by atoms with Gasteiger partial charge >= 0.3 is 0 Å². The van der Waals surface area contributed by atoms with Gasteiger partial charge in [0, 0.05) is 13.1 Å². The van der Waals surface area contributed by atoms with E-state index in [9.17, 15) is 9.59 Å². The van der Waals surface area contributed by atoms with Gasteiger partial charge in [-0.1, -0.05) is 0 Å². The molecule has 1 rings (SSSR count). The first-order valence-corrected chi connectivity index (χ1v) is 4.12. The van der Waals surface area contributed by atoms with Crippen LogP contribution in [0.1, 0.15) is 0 Å². The van der Waals surface area contributed by atoms with Crippen molar-refractivity contribution in [2.24, 2.45) is 0 Å². The van der Waals surface area contributed by atoms with Gasteiger partial charge in [0.1, 0.15) is 6.04 Å². The van der Waals surface area contributed by atoms with E-state index in [4.69, 9.17) is 5.11 Å². The Morgan fingerprint density at radius 1 is 1.69 bits per heavy atom. The van der Waals surface area contributed by atoms with E-state index in [0.717, 1.165) is 0 Å². The second-order valence-corrected chi connectivity index (χ2v) is 2.77. The molecule has 1 saturated heterocycles. The van der Waals surface area contributed by atoms with E-state index in [1.165, 1.54) is 0 Å². The number of carbonyl (C=O) groups is 2. The fourth-order valence-corrected chi connectivity index (χ4v) is 1.09. The van der Waals surface area contributed by atoms with Crippen LogP contribution in [0, 0.1) is 0 Å². The van der Waals surface area contributed by atoms with Crippen molar-refractivity contribution < 1.29 is 14.7 Å². The van der Waals surface area contributed by atoms with Gasteiger partial charge in [-0.3, -0.25) is 9.59 Å². The maximum atomic E-state index is 11.2. The molecule has 0 aliphatic carbocycles. The fraction of sp³-hybridized carbons (Fsp3) is 0.714. The molecule has 13 heavy (non-hydrogen) atoms. The minimum absolute atomic E-state index is 0.0974. The van der Waals surface area contributed by atoms with Crippen molar-refractivity contribution >= 4 is 11.8 Å². The van der Waals surface area contributed by atoms with Crippen molar-refractivity contribution in [3.05, 3.63) is 0 Å². The number of amides is 2. The van der Waals surface area contributed by atoms with Gasteiger partial charge in [0.2, 0.25) is 11.8 Å². The summed E-state index contributed by atoms with van der Waals surface area (Å²) in [7, 11) is 0. The summed E-state index contributed by atoms with van der Waals surface area (Å²) in [5, 5.41) is 16.3. The van der Waals surface area contributed by atoms with Crippen LogP contribution in [0.2, 0.25) is 0 Å². The van der Waals surface area contributed by atoms with Gasteiger partial charge in [-0.25, -0.2) is 0 Å². The van der Waals surface area contributed by atoms with E-state index in [1.807, 2.05) is 0 Å². The molecule has 1 unspecified atom stereocenters. The Bertz CT molecular complexity index is 207. The number of hydrogen-bond donors (Lipinski definition) is 4. The number of piperazine rings is 1. The van der Waals surface area contributed by atoms with E-state index in [-0.39, 0.29) is 31.5 Å². The zero-order chi connectivity index (χ0) is 9.68. The highest BCUT2D eigenvalue weighted by Crippen LogP contribution is 1.87. The van der Waals surface area contributed by atoms with Gasteiger partial charge < -0.3 is 21.1 Å². The zero-order valence-corrected chi connectivity index (χ0v) is 7.17. The lowest BCUT2D eigenvalue weighted by molar-refractivity contribution is -0.130. The standard InChI is InChI=1S/C7H13N3O3/c11-2-1-9-7(13)5-3-8-4-6(12)10-5/h5,8,11H,1-4H2,(H,9,13)(H,10,12). The van der Waals surface area contributed by atoms with Crippen molar-refractivity contribution in [3.63, 3.8) is 0 Å². The fourth-order valence-electron chi connectivity index (χ4n) is 1.09. The van der Waals surface area contributed by atoms with Crippen LogP contribution < -0.4 is 16.0 Å². The van der Waals surface area contributed by atoms with Crippen LogP contribution in [0.5, 0.6) is 0 Å². The molecule has 0 spiro atoms. The SMILES string of the molecule is O=C1CNCC(C(=O)NCCO)N1. The van der Waals surface area contributed by atoms with Crippen molar-refractivity contribution in [3.8, 4) is 0 Å². The molecule has 6 heteroatoms. The highest BCUT2D eigenvalue weighted by Gasteiger charge is 2.23. The average Bonchev–Trinajstić information content (AvgIpc) is 2.14. The Morgan fingerprint density at radius 3 is 3.08 bits per heavy atom. The molecule has 1 aliphatic rings. The second kappa shape index (κ2) is 4.78. The average molecular weight is 187 g/mol. The minimum Gasteiger partial charge on any atom is -0.395 e. The Kier molecular flexibility index (Phi) is 3.66. The number of aliphatic hydroxyl groups excluding tert-OH is 1. The Labute approximate surface area is 75.7 Å². The number of rotatable bonds is 3. The van der Waals surface area contributed by atoms with Gasteiger partial charge in [0.05, 0.1) is 13.2 Å². The van der Waals surface area contributed by atoms with Gasteiger partial charge in [-0.2, -0.15) is 0 Å². The quantitative estimate of drug-likeness (QED) is 0.384. The van der Waals surface area contributed by atoms with Crippen LogP contribution >= 0.6 is 0 Å². The normalized spacial score (nSPS) is 22.2. The molecule has 0 saturated carbocycles. The first-order valence-electron chi connectivity index (χ1n) is 4.12. The lowest BCUT2D eigenvalue weighted by Gasteiger charge is -2.22. The molecular formula is C7H13N3O3. The molecule has 0 aromatic heterocycles. The van der Waals surface area contributed by atoms with E-state index >= 15 is 0 Å². The third-order valence-electron chi connectivity index (χ3n) is 1.70. The van der Waals surface area contributed by atoms with Gasteiger partial charge in [0.25, 0.3) is 0 Å². The lowest BCUT2D eigenvalue weighted by Crippen LogP contribution is -2.58. The molecule has 6 nitrogen and oxygen atoms in total. The number of hydrogen-bond acceptors (Lipinski definition) is 4. The van der Waals surface area contributed by atoms with Crippen LogP contribution in [-0.4, -0.2) is 49.2 Å². The molecule has 1 atom stereocenters. The summed E-state index contributed by atoms with van der Waals surface area (Å²) >= 11 is 0. The predicted molar refractivity (Wildman–Crippen MR) is 44.9 cm³/mol. The Balaban J connectivity index is 2.32. The summed E-state index contributed by atoms with van der Waals surface area (Å²) in [5.74, 6) is -0.454. The van der Waals surface area contributed by atoms with E-state index in [1.54, 1.807) is 0 Å². The third kappa shape index (κ3) is 3.00. The van der Waals surface area contributed by atoms with Crippen LogP contribution in [-0.2, 0) is 9.59 Å². The number of carbonyl (C=O) groups excluding carboxylic acids is 2. The maximum Gasteiger partial charge on any atom is 0.243 e. The summed E-state index contributed by atoms with van der Waals surface area (Å²) in [5.41, 5.74) is 0. The van der Waals surface area contributed by atoms with Crippen LogP contribution in [0.15, 0.2) is 0 Å². The van der Waals surface area contributed by atoms with Crippen LogP contribution in [0.25, 0.3) is 0 Å². The summed E-state index contributed by atoms with van der Waals surface area (Å²) in [6, 6.07) is -0.521. The smallest absolute Gasteiger partial charge is 0.243 e. The van der Waals surface area contributed by atoms with Crippen molar-refractivity contribution in [1.82, 2.24) is 16.0 Å². The molecule has 0 aromatic carbocycles. The zero-order valence-electron chi connectivity index (χ0n) is 7.17. The largest absolute Gasteiger partial charge is 0.395 e. The molecule has 74 valence electrons. The van der Waals surface area contributed by atoms with Crippen LogP contribution in [0.3, 0.4) is 0 Å². The monoisotopic (exact) mass is 187 g/mol. The Morgan fingerprint density at radius 2 is 2.46 bits per heavy atom. The first-order chi connectivity index (χ1) is 6.24. The molecule has 1 aliphatic heterocycles. The van der Waals surface area contributed by atoms with Gasteiger partial charge in [-0.05, 0) is 0 Å².